The molecule has 6 heteroatoms. The molecule has 0 saturated carbocycles. The Balaban J connectivity index is 1.58. The van der Waals surface area contributed by atoms with Gasteiger partial charge in [-0.1, -0.05) is 0 Å². The molecule has 1 aromatic rings. The first-order valence-electron chi connectivity index (χ1n) is 7.44. The summed E-state index contributed by atoms with van der Waals surface area (Å²) in [5, 5.41) is 6.89. The van der Waals surface area contributed by atoms with Crippen molar-refractivity contribution in [3.63, 3.8) is 0 Å². The third-order valence-electron chi connectivity index (χ3n) is 4.47. The molecule has 3 heterocycles. The molecule has 1 aromatic heterocycles. The van der Waals surface area contributed by atoms with Crippen LogP contribution in [-0.2, 0) is 0 Å². The molecule has 1 amide bonds. The van der Waals surface area contributed by atoms with Crippen LogP contribution in [0.5, 0.6) is 0 Å². The molecule has 2 aliphatic heterocycles. The molecule has 1 unspecified atom stereocenters. The molecule has 3 N–H and O–H groups in total. The fourth-order valence-electron chi connectivity index (χ4n) is 3.20. The number of aryl methyl sites for hydroxylation is 1. The van der Waals surface area contributed by atoms with Crippen molar-refractivity contribution in [2.75, 3.05) is 26.2 Å². The zero-order chi connectivity index (χ0) is 14.1. The maximum atomic E-state index is 12.3. The van der Waals surface area contributed by atoms with Gasteiger partial charge in [-0.25, -0.2) is 0 Å². The Morgan fingerprint density at radius 2 is 2.10 bits per heavy atom. The summed E-state index contributed by atoms with van der Waals surface area (Å²) >= 11 is 0. The SMILES string of the molecule is Cc1cc(C(=O)N2CCC(N3CCC(N)CC3)C2)n[nH]1. The van der Waals surface area contributed by atoms with Gasteiger partial charge in [-0.15, -0.1) is 0 Å². The number of likely N-dealkylation sites (tertiary alicyclic amines) is 2. The van der Waals surface area contributed by atoms with Crippen molar-refractivity contribution in [1.82, 2.24) is 20.0 Å². The Bertz CT molecular complexity index is 478. The topological polar surface area (TPSA) is 78.2 Å². The number of piperidine rings is 1. The normalized spacial score (nSPS) is 25.3. The van der Waals surface area contributed by atoms with E-state index in [1.54, 1.807) is 0 Å². The lowest BCUT2D eigenvalue weighted by Gasteiger charge is -2.34. The maximum Gasteiger partial charge on any atom is 0.274 e. The Morgan fingerprint density at radius 1 is 1.35 bits per heavy atom. The standard InChI is InChI=1S/C14H23N5O/c1-10-8-13(17-16-10)14(20)19-7-4-12(9-19)18-5-2-11(15)3-6-18/h8,11-12H,2-7,9,15H2,1H3,(H,16,17). The van der Waals surface area contributed by atoms with Gasteiger partial charge in [0.25, 0.3) is 5.91 Å². The van der Waals surface area contributed by atoms with Crippen LogP contribution in [0, 0.1) is 6.92 Å². The number of aromatic nitrogens is 2. The molecule has 1 atom stereocenters. The smallest absolute Gasteiger partial charge is 0.274 e. The highest BCUT2D eigenvalue weighted by Crippen LogP contribution is 2.21. The van der Waals surface area contributed by atoms with E-state index >= 15 is 0 Å². The van der Waals surface area contributed by atoms with E-state index < -0.39 is 0 Å². The van der Waals surface area contributed by atoms with E-state index in [-0.39, 0.29) is 5.91 Å². The van der Waals surface area contributed by atoms with Crippen LogP contribution in [0.4, 0.5) is 0 Å². The number of H-pyrrole nitrogens is 1. The van der Waals surface area contributed by atoms with Crippen LogP contribution in [0.25, 0.3) is 0 Å². The fraction of sp³-hybridized carbons (Fsp3) is 0.714. The first-order chi connectivity index (χ1) is 9.63. The van der Waals surface area contributed by atoms with Crippen LogP contribution < -0.4 is 5.73 Å². The molecule has 2 aliphatic rings. The number of carbonyl (C=O) groups excluding carboxylic acids is 1. The zero-order valence-corrected chi connectivity index (χ0v) is 12.0. The summed E-state index contributed by atoms with van der Waals surface area (Å²) in [6, 6.07) is 2.67. The Labute approximate surface area is 119 Å². The molecule has 0 aliphatic carbocycles. The number of aromatic amines is 1. The number of amides is 1. The second-order valence-corrected chi connectivity index (χ2v) is 6.00. The van der Waals surface area contributed by atoms with E-state index in [2.05, 4.69) is 15.1 Å². The van der Waals surface area contributed by atoms with Crippen LogP contribution in [0.3, 0.4) is 0 Å². The number of rotatable bonds is 2. The number of nitrogens with two attached hydrogens (primary N) is 1. The second kappa shape index (κ2) is 5.54. The van der Waals surface area contributed by atoms with Gasteiger partial charge >= 0.3 is 0 Å². The van der Waals surface area contributed by atoms with E-state index in [0.29, 0.717) is 17.8 Å². The van der Waals surface area contributed by atoms with Crippen molar-refractivity contribution in [2.45, 2.75) is 38.3 Å². The van der Waals surface area contributed by atoms with Crippen molar-refractivity contribution in [1.29, 1.82) is 0 Å². The molecule has 3 rings (SSSR count). The van der Waals surface area contributed by atoms with Crippen LogP contribution in [0.15, 0.2) is 6.07 Å². The van der Waals surface area contributed by atoms with Crippen molar-refractivity contribution in [3.05, 3.63) is 17.5 Å². The maximum absolute atomic E-state index is 12.3. The van der Waals surface area contributed by atoms with E-state index in [0.717, 1.165) is 51.1 Å². The van der Waals surface area contributed by atoms with Crippen molar-refractivity contribution >= 4 is 5.91 Å². The highest BCUT2D eigenvalue weighted by Gasteiger charge is 2.32. The predicted octanol–water partition coefficient (Wildman–Crippen LogP) is 0.356. The summed E-state index contributed by atoms with van der Waals surface area (Å²) in [6.07, 6.45) is 3.20. The van der Waals surface area contributed by atoms with Crippen LogP contribution in [0.2, 0.25) is 0 Å². The van der Waals surface area contributed by atoms with Gasteiger partial charge in [0.1, 0.15) is 5.69 Å². The van der Waals surface area contributed by atoms with Gasteiger partial charge in [-0.3, -0.25) is 14.8 Å². The first kappa shape index (κ1) is 13.6. The molecule has 110 valence electrons. The van der Waals surface area contributed by atoms with Gasteiger partial charge in [0.05, 0.1) is 0 Å². The van der Waals surface area contributed by atoms with Gasteiger partial charge in [-0.05, 0) is 45.3 Å². The molecule has 0 spiro atoms. The average Bonchev–Trinajstić information content (AvgIpc) is 3.08. The molecule has 6 nitrogen and oxygen atoms in total. The number of nitrogens with zero attached hydrogens (tertiary/aromatic N) is 3. The summed E-state index contributed by atoms with van der Waals surface area (Å²) in [5.74, 6) is 0.0468. The molecule has 0 aromatic carbocycles. The highest BCUT2D eigenvalue weighted by molar-refractivity contribution is 5.92. The minimum absolute atomic E-state index is 0.0468. The summed E-state index contributed by atoms with van der Waals surface area (Å²) in [5.41, 5.74) is 7.40. The van der Waals surface area contributed by atoms with Crippen LogP contribution >= 0.6 is 0 Å². The summed E-state index contributed by atoms with van der Waals surface area (Å²) in [6.45, 7) is 5.69. The number of carbonyl (C=O) groups is 1. The molecular weight excluding hydrogens is 254 g/mol. The Kier molecular flexibility index (Phi) is 3.76. The number of nitrogens with one attached hydrogen (secondary N) is 1. The van der Waals surface area contributed by atoms with Crippen molar-refractivity contribution in [2.24, 2.45) is 5.73 Å². The predicted molar refractivity (Wildman–Crippen MR) is 76.4 cm³/mol. The van der Waals surface area contributed by atoms with E-state index in [1.807, 2.05) is 17.9 Å². The van der Waals surface area contributed by atoms with Gasteiger partial charge in [0.15, 0.2) is 0 Å². The summed E-state index contributed by atoms with van der Waals surface area (Å²) in [7, 11) is 0. The lowest BCUT2D eigenvalue weighted by Crippen LogP contribution is -2.46. The Hall–Kier alpha value is -1.40. The lowest BCUT2D eigenvalue weighted by molar-refractivity contribution is 0.0763. The molecule has 0 radical (unpaired) electrons. The monoisotopic (exact) mass is 277 g/mol. The molecule has 0 bridgehead atoms. The minimum atomic E-state index is 0.0468. The third-order valence-corrected chi connectivity index (χ3v) is 4.47. The summed E-state index contributed by atoms with van der Waals surface area (Å²) < 4.78 is 0. The van der Waals surface area contributed by atoms with E-state index in [1.165, 1.54) is 0 Å². The van der Waals surface area contributed by atoms with Crippen molar-refractivity contribution < 1.29 is 4.79 Å². The highest BCUT2D eigenvalue weighted by atomic mass is 16.2. The Morgan fingerprint density at radius 3 is 2.75 bits per heavy atom. The van der Waals surface area contributed by atoms with Crippen LogP contribution in [-0.4, -0.2) is 64.2 Å². The fourth-order valence-corrected chi connectivity index (χ4v) is 3.20. The van der Waals surface area contributed by atoms with Gasteiger partial charge in [-0.2, -0.15) is 5.10 Å². The lowest BCUT2D eigenvalue weighted by atomic mass is 10.0. The number of hydrogen-bond acceptors (Lipinski definition) is 4. The van der Waals surface area contributed by atoms with Gasteiger partial charge in [0.2, 0.25) is 0 Å². The first-order valence-corrected chi connectivity index (χ1v) is 7.44. The largest absolute Gasteiger partial charge is 0.336 e. The third kappa shape index (κ3) is 2.71. The zero-order valence-electron chi connectivity index (χ0n) is 12.0. The summed E-state index contributed by atoms with van der Waals surface area (Å²) in [4.78, 5) is 16.8. The van der Waals surface area contributed by atoms with Gasteiger partial charge in [0, 0.05) is 30.9 Å². The number of hydrogen-bond donors (Lipinski definition) is 2. The molecule has 20 heavy (non-hydrogen) atoms. The van der Waals surface area contributed by atoms with Crippen LogP contribution in [0.1, 0.15) is 35.4 Å². The quantitative estimate of drug-likeness (QED) is 0.818. The molecular formula is C14H23N5O. The van der Waals surface area contributed by atoms with E-state index in [9.17, 15) is 4.79 Å². The minimum Gasteiger partial charge on any atom is -0.336 e. The van der Waals surface area contributed by atoms with Crippen molar-refractivity contribution in [3.8, 4) is 0 Å². The van der Waals surface area contributed by atoms with Gasteiger partial charge < -0.3 is 10.6 Å². The molecule has 2 saturated heterocycles. The molecule has 2 fully saturated rings. The van der Waals surface area contributed by atoms with E-state index in [4.69, 9.17) is 5.73 Å². The second-order valence-electron chi connectivity index (χ2n) is 6.00. The average molecular weight is 277 g/mol.